The topological polar surface area (TPSA) is 81.2 Å². The molecule has 3 aliphatic rings. The number of rotatable bonds is 11. The van der Waals surface area contributed by atoms with E-state index >= 15 is 0 Å². The Bertz CT molecular complexity index is 1600. The Balaban J connectivity index is 1.38. The Labute approximate surface area is 270 Å². The molecule has 0 aliphatic carbocycles. The fourth-order valence-corrected chi connectivity index (χ4v) is 11.0. The lowest BCUT2D eigenvalue weighted by Crippen LogP contribution is -2.56. The minimum atomic E-state index is -0.839. The minimum absolute atomic E-state index is 0.0205. The predicted octanol–water partition coefficient (Wildman–Crippen LogP) is 5.03. The van der Waals surface area contributed by atoms with Gasteiger partial charge in [0.25, 0.3) is 5.91 Å². The molecule has 1 spiro atoms. The van der Waals surface area contributed by atoms with Crippen molar-refractivity contribution in [3.63, 3.8) is 0 Å². The maximum absolute atomic E-state index is 14.8. The lowest BCUT2D eigenvalue weighted by Gasteiger charge is -2.38. The van der Waals surface area contributed by atoms with E-state index in [1.54, 1.807) is 33.7 Å². The molecule has 228 valence electrons. The molecule has 0 aromatic heterocycles. The zero-order valence-electron chi connectivity index (χ0n) is 24.4. The van der Waals surface area contributed by atoms with Crippen molar-refractivity contribution in [2.45, 2.75) is 33.8 Å². The molecule has 0 saturated carbocycles. The summed E-state index contributed by atoms with van der Waals surface area (Å²) < 4.78 is -0.814. The number of hydrogen-bond donors (Lipinski definition) is 1. The lowest BCUT2D eigenvalue weighted by molar-refractivity contribution is -0.144. The van der Waals surface area contributed by atoms with Crippen LogP contribution in [-0.4, -0.2) is 79.7 Å². The molecule has 44 heavy (non-hydrogen) atoms. The van der Waals surface area contributed by atoms with Gasteiger partial charge in [-0.1, -0.05) is 88.7 Å². The number of carbonyl (C=O) groups excluding carboxylic acids is 3. The van der Waals surface area contributed by atoms with Crippen LogP contribution in [0.5, 0.6) is 0 Å². The Morgan fingerprint density at radius 1 is 1.00 bits per heavy atom. The van der Waals surface area contributed by atoms with Crippen molar-refractivity contribution in [2.75, 3.05) is 31.1 Å². The Morgan fingerprint density at radius 3 is 2.41 bits per heavy atom. The van der Waals surface area contributed by atoms with E-state index in [1.165, 1.54) is 4.90 Å². The van der Waals surface area contributed by atoms with Crippen LogP contribution in [0.1, 0.15) is 12.0 Å². The fourth-order valence-electron chi connectivity index (χ4n) is 7.39. The van der Waals surface area contributed by atoms with Gasteiger partial charge in [0.1, 0.15) is 6.04 Å². The first-order valence-electron chi connectivity index (χ1n) is 14.9. The van der Waals surface area contributed by atoms with Gasteiger partial charge in [-0.3, -0.25) is 14.4 Å². The van der Waals surface area contributed by atoms with E-state index in [2.05, 4.69) is 29.1 Å². The molecule has 7 nitrogen and oxygen atoms in total. The molecule has 0 radical (unpaired) electrons. The second kappa shape index (κ2) is 12.5. The molecule has 1 N–H and O–H groups in total. The molecule has 3 aliphatic heterocycles. The van der Waals surface area contributed by atoms with Gasteiger partial charge >= 0.3 is 0 Å². The number of likely N-dealkylation sites (tertiary alicyclic amines) is 1. The van der Waals surface area contributed by atoms with Gasteiger partial charge in [0.15, 0.2) is 0 Å². The van der Waals surface area contributed by atoms with Crippen molar-refractivity contribution in [1.29, 1.82) is 0 Å². The number of carbonyl (C=O) groups is 3. The first-order chi connectivity index (χ1) is 21.3. The number of fused-ring (bicyclic) bond motifs is 2. The van der Waals surface area contributed by atoms with E-state index < -0.39 is 22.6 Å². The molecule has 3 unspecified atom stereocenters. The van der Waals surface area contributed by atoms with Crippen molar-refractivity contribution < 1.29 is 19.5 Å². The summed E-state index contributed by atoms with van der Waals surface area (Å²) in [4.78, 5) is 48.4. The molecule has 3 aromatic carbocycles. The summed E-state index contributed by atoms with van der Waals surface area (Å²) in [6.45, 7) is 8.54. The predicted molar refractivity (Wildman–Crippen MR) is 180 cm³/mol. The standard InChI is InChI=1S/C35H36BrN3O4S/c1-3-16-37(22-23-10-6-5-7-11-23)32(41)28-29-33(42)39(18-19-40)31(35(29)21-27(36)30(28)44-35)34(43)38(17-4-2)26-15-14-24-12-8-9-13-25(24)20-26/h3-15,20,27-31,40H,1-2,16-19,21-22H2/t27?,28-,29+,30-,31?,35?/m1/s1. The lowest BCUT2D eigenvalue weighted by atomic mass is 9.70. The maximum Gasteiger partial charge on any atom is 0.251 e. The Hall–Kier alpha value is -3.40. The van der Waals surface area contributed by atoms with Crippen molar-refractivity contribution in [2.24, 2.45) is 11.8 Å². The van der Waals surface area contributed by atoms with Crippen LogP contribution in [0.15, 0.2) is 98.1 Å². The Morgan fingerprint density at radius 2 is 1.70 bits per heavy atom. The van der Waals surface area contributed by atoms with E-state index in [-0.39, 0.29) is 47.5 Å². The number of benzene rings is 3. The van der Waals surface area contributed by atoms with Crippen LogP contribution in [0.3, 0.4) is 0 Å². The van der Waals surface area contributed by atoms with Crippen molar-refractivity contribution in [1.82, 2.24) is 9.80 Å². The van der Waals surface area contributed by atoms with Crippen LogP contribution >= 0.6 is 27.7 Å². The van der Waals surface area contributed by atoms with Gasteiger partial charge in [-0.25, -0.2) is 0 Å². The third kappa shape index (κ3) is 5.08. The highest BCUT2D eigenvalue weighted by Crippen LogP contribution is 2.68. The van der Waals surface area contributed by atoms with E-state index in [0.29, 0.717) is 25.2 Å². The summed E-state index contributed by atoms with van der Waals surface area (Å²) in [6.07, 6.45) is 3.96. The number of alkyl halides is 1. The molecule has 3 saturated heterocycles. The number of thioether (sulfide) groups is 1. The highest BCUT2D eigenvalue weighted by atomic mass is 79.9. The summed E-state index contributed by atoms with van der Waals surface area (Å²) in [7, 11) is 0. The van der Waals surface area contributed by atoms with Gasteiger partial charge < -0.3 is 19.8 Å². The molecular formula is C35H36BrN3O4S. The van der Waals surface area contributed by atoms with Gasteiger partial charge in [-0.15, -0.1) is 24.9 Å². The molecule has 3 heterocycles. The number of aliphatic hydroxyl groups is 1. The normalized spacial score (nSPS) is 26.9. The van der Waals surface area contributed by atoms with Gasteiger partial charge in [0, 0.05) is 41.9 Å². The number of β-amino-alcohol motifs (C(OH)–C–C–N with tert-alkyl or cyclic N) is 1. The number of halogens is 1. The highest BCUT2D eigenvalue weighted by Gasteiger charge is 2.76. The van der Waals surface area contributed by atoms with Gasteiger partial charge in [0.05, 0.1) is 23.2 Å². The molecule has 9 heteroatoms. The van der Waals surface area contributed by atoms with E-state index in [1.807, 2.05) is 72.8 Å². The molecule has 6 rings (SSSR count). The first kappa shape index (κ1) is 30.6. The van der Waals surface area contributed by atoms with Gasteiger partial charge in [-0.05, 0) is 34.9 Å². The zero-order valence-corrected chi connectivity index (χ0v) is 26.8. The molecule has 6 atom stereocenters. The number of anilines is 1. The second-order valence-corrected chi connectivity index (χ2v) is 14.4. The highest BCUT2D eigenvalue weighted by molar-refractivity contribution is 9.09. The van der Waals surface area contributed by atoms with Crippen molar-refractivity contribution in [3.8, 4) is 0 Å². The molecular weight excluding hydrogens is 638 g/mol. The Kier molecular flexibility index (Phi) is 8.72. The van der Waals surface area contributed by atoms with Crippen LogP contribution in [0.2, 0.25) is 0 Å². The first-order valence-corrected chi connectivity index (χ1v) is 16.7. The fraction of sp³-hybridized carbons (Fsp3) is 0.343. The second-order valence-electron chi connectivity index (χ2n) is 11.7. The molecule has 3 amide bonds. The van der Waals surface area contributed by atoms with Crippen molar-refractivity contribution in [3.05, 3.63) is 104 Å². The van der Waals surface area contributed by atoms with Crippen LogP contribution in [0, 0.1) is 11.8 Å². The molecule has 2 bridgehead atoms. The van der Waals surface area contributed by atoms with Crippen LogP contribution in [-0.2, 0) is 20.9 Å². The number of hydrogen-bond acceptors (Lipinski definition) is 5. The maximum atomic E-state index is 14.8. The van der Waals surface area contributed by atoms with E-state index in [4.69, 9.17) is 0 Å². The number of amides is 3. The molecule has 3 fully saturated rings. The summed E-state index contributed by atoms with van der Waals surface area (Å²) >= 11 is 5.45. The third-order valence-electron chi connectivity index (χ3n) is 9.15. The monoisotopic (exact) mass is 673 g/mol. The van der Waals surface area contributed by atoms with Gasteiger partial charge in [-0.2, -0.15) is 0 Å². The summed E-state index contributed by atoms with van der Waals surface area (Å²) in [5, 5.41) is 12.0. The average molecular weight is 675 g/mol. The van der Waals surface area contributed by atoms with Crippen LogP contribution < -0.4 is 4.90 Å². The van der Waals surface area contributed by atoms with Gasteiger partial charge in [0.2, 0.25) is 11.8 Å². The van der Waals surface area contributed by atoms with Crippen LogP contribution in [0.25, 0.3) is 10.8 Å². The summed E-state index contributed by atoms with van der Waals surface area (Å²) in [5.41, 5.74) is 1.71. The number of aliphatic hydroxyl groups excluding tert-OH is 1. The van der Waals surface area contributed by atoms with Crippen molar-refractivity contribution >= 4 is 61.9 Å². The molecule has 3 aromatic rings. The SMILES string of the molecule is C=CCN(Cc1ccccc1)C(=O)[C@H]1[C@@H]2SC3(CC2Br)C(C(=O)N(CC=C)c2ccc4ccccc4c2)N(CCO)C(=O)[C@H]13. The van der Waals surface area contributed by atoms with Crippen LogP contribution in [0.4, 0.5) is 5.69 Å². The average Bonchev–Trinajstić information content (AvgIpc) is 3.62. The van der Waals surface area contributed by atoms with E-state index in [9.17, 15) is 19.5 Å². The number of nitrogens with zero attached hydrogens (tertiary/aromatic N) is 3. The summed E-state index contributed by atoms with van der Waals surface area (Å²) in [5.74, 6) is -1.85. The van der Waals surface area contributed by atoms with E-state index in [0.717, 1.165) is 16.3 Å². The third-order valence-corrected chi connectivity index (χ3v) is 12.4. The minimum Gasteiger partial charge on any atom is -0.395 e. The zero-order chi connectivity index (χ0) is 31.0. The largest absolute Gasteiger partial charge is 0.395 e. The smallest absolute Gasteiger partial charge is 0.251 e. The summed E-state index contributed by atoms with van der Waals surface area (Å²) in [6, 6.07) is 22.8. The quantitative estimate of drug-likeness (QED) is 0.228.